The van der Waals surface area contributed by atoms with Gasteiger partial charge in [0.05, 0.1) is 6.61 Å². The first-order valence-corrected chi connectivity index (χ1v) is 9.30. The fraction of sp³-hybridized carbons (Fsp3) is 0.600. The lowest BCUT2D eigenvalue weighted by Crippen LogP contribution is -2.55. The lowest BCUT2D eigenvalue weighted by molar-refractivity contribution is -0.139. The van der Waals surface area contributed by atoms with Gasteiger partial charge >= 0.3 is 0 Å². The second kappa shape index (κ2) is 7.66. The number of carbonyl (C=O) groups is 2. The van der Waals surface area contributed by atoms with Crippen LogP contribution in [0.25, 0.3) is 0 Å². The van der Waals surface area contributed by atoms with Crippen LogP contribution in [0.1, 0.15) is 41.6 Å². The van der Waals surface area contributed by atoms with Crippen LogP contribution in [0.15, 0.2) is 18.2 Å². The Balaban J connectivity index is 1.75. The molecule has 2 aliphatic heterocycles. The number of nitrogens with zero attached hydrogens (tertiary/aromatic N) is 2. The number of amides is 2. The number of benzene rings is 1. The minimum absolute atomic E-state index is 0.0275. The molecule has 0 aliphatic carbocycles. The van der Waals surface area contributed by atoms with Crippen molar-refractivity contribution in [2.45, 2.75) is 32.6 Å². The molecule has 142 valence electrons. The van der Waals surface area contributed by atoms with Crippen LogP contribution in [0.2, 0.25) is 0 Å². The van der Waals surface area contributed by atoms with Gasteiger partial charge in [-0.15, -0.1) is 0 Å². The molecule has 1 aromatic carbocycles. The smallest absolute Gasteiger partial charge is 0.254 e. The molecular weight excluding hydrogens is 332 g/mol. The van der Waals surface area contributed by atoms with E-state index in [1.165, 1.54) is 0 Å². The van der Waals surface area contributed by atoms with E-state index in [9.17, 15) is 14.7 Å². The number of ether oxygens (including phenoxy) is 1. The maximum Gasteiger partial charge on any atom is 0.254 e. The number of carbonyl (C=O) groups excluding carboxylic acids is 2. The van der Waals surface area contributed by atoms with Crippen molar-refractivity contribution in [3.05, 3.63) is 29.3 Å². The summed E-state index contributed by atoms with van der Waals surface area (Å²) in [4.78, 5) is 29.0. The van der Waals surface area contributed by atoms with E-state index in [4.69, 9.17) is 4.74 Å². The van der Waals surface area contributed by atoms with Gasteiger partial charge in [0.15, 0.2) is 0 Å². The molecule has 0 bridgehead atoms. The molecule has 1 spiro atoms. The van der Waals surface area contributed by atoms with Gasteiger partial charge in [-0.25, -0.2) is 0 Å². The highest BCUT2D eigenvalue weighted by Gasteiger charge is 2.42. The van der Waals surface area contributed by atoms with Gasteiger partial charge in [0.1, 0.15) is 5.75 Å². The van der Waals surface area contributed by atoms with Gasteiger partial charge in [0.25, 0.3) is 5.91 Å². The van der Waals surface area contributed by atoms with Crippen LogP contribution in [0.3, 0.4) is 0 Å². The summed E-state index contributed by atoms with van der Waals surface area (Å²) in [5.41, 5.74) is 1.16. The molecule has 2 amide bonds. The van der Waals surface area contributed by atoms with E-state index >= 15 is 0 Å². The number of hydrogen-bond donors (Lipinski definition) is 1. The lowest BCUT2D eigenvalue weighted by Gasteiger charge is -2.48. The Hall–Kier alpha value is -2.08. The van der Waals surface area contributed by atoms with Gasteiger partial charge in [-0.1, -0.05) is 6.07 Å². The third kappa shape index (κ3) is 3.70. The molecule has 6 heteroatoms. The van der Waals surface area contributed by atoms with E-state index < -0.39 is 0 Å². The molecule has 1 aromatic rings. The quantitative estimate of drug-likeness (QED) is 0.894. The Morgan fingerprint density at radius 1 is 1.31 bits per heavy atom. The number of piperidine rings is 2. The summed E-state index contributed by atoms with van der Waals surface area (Å²) >= 11 is 0. The van der Waals surface area contributed by atoms with Crippen LogP contribution in [0.4, 0.5) is 0 Å². The predicted octanol–water partition coefficient (Wildman–Crippen LogP) is 2.19. The van der Waals surface area contributed by atoms with E-state index in [0.717, 1.165) is 25.8 Å². The zero-order valence-corrected chi connectivity index (χ0v) is 15.7. The maximum absolute atomic E-state index is 13.0. The van der Waals surface area contributed by atoms with Crippen molar-refractivity contribution >= 4 is 11.8 Å². The highest BCUT2D eigenvalue weighted by Crippen LogP contribution is 2.39. The van der Waals surface area contributed by atoms with Crippen molar-refractivity contribution in [3.63, 3.8) is 0 Å². The fourth-order valence-corrected chi connectivity index (χ4v) is 4.25. The number of hydrogen-bond acceptors (Lipinski definition) is 4. The molecule has 0 radical (unpaired) electrons. The largest absolute Gasteiger partial charge is 0.508 e. The summed E-state index contributed by atoms with van der Waals surface area (Å²) in [7, 11) is 1.64. The summed E-state index contributed by atoms with van der Waals surface area (Å²) < 4.78 is 5.13. The van der Waals surface area contributed by atoms with Crippen LogP contribution < -0.4 is 0 Å². The van der Waals surface area contributed by atoms with Gasteiger partial charge in [0.2, 0.25) is 5.91 Å². The first kappa shape index (κ1) is 18.7. The Kier molecular flexibility index (Phi) is 5.51. The zero-order chi connectivity index (χ0) is 18.7. The van der Waals surface area contributed by atoms with E-state index in [1.807, 2.05) is 9.80 Å². The van der Waals surface area contributed by atoms with Crippen molar-refractivity contribution < 1.29 is 19.4 Å². The molecule has 1 N–H and O–H groups in total. The van der Waals surface area contributed by atoms with Crippen LogP contribution in [-0.2, 0) is 9.53 Å². The van der Waals surface area contributed by atoms with Gasteiger partial charge < -0.3 is 19.6 Å². The van der Waals surface area contributed by atoms with E-state index in [2.05, 4.69) is 0 Å². The van der Waals surface area contributed by atoms with Crippen LogP contribution >= 0.6 is 0 Å². The molecule has 0 saturated carbocycles. The van der Waals surface area contributed by atoms with Crippen molar-refractivity contribution in [2.24, 2.45) is 5.41 Å². The highest BCUT2D eigenvalue weighted by atomic mass is 16.5. The average Bonchev–Trinajstić information content (AvgIpc) is 2.64. The molecule has 6 nitrogen and oxygen atoms in total. The van der Waals surface area contributed by atoms with Gasteiger partial charge in [-0.05, 0) is 38.3 Å². The van der Waals surface area contributed by atoms with Crippen molar-refractivity contribution in [2.75, 3.05) is 39.9 Å². The molecule has 0 aromatic heterocycles. The van der Waals surface area contributed by atoms with Gasteiger partial charge in [-0.2, -0.15) is 0 Å². The van der Waals surface area contributed by atoms with Crippen LogP contribution in [0, 0.1) is 12.3 Å². The van der Waals surface area contributed by atoms with Crippen LogP contribution in [-0.4, -0.2) is 66.6 Å². The Morgan fingerprint density at radius 3 is 2.88 bits per heavy atom. The third-order valence-electron chi connectivity index (χ3n) is 5.80. The SMILES string of the molecule is COCCN1CC2(CCCN(C(=O)c3cccc(O)c3C)C2)CCC1=O. The van der Waals surface area contributed by atoms with Crippen molar-refractivity contribution in [3.8, 4) is 5.75 Å². The fourth-order valence-electron chi connectivity index (χ4n) is 4.25. The Bertz CT molecular complexity index is 690. The highest BCUT2D eigenvalue weighted by molar-refractivity contribution is 5.96. The van der Waals surface area contributed by atoms with Crippen molar-refractivity contribution in [1.29, 1.82) is 0 Å². The third-order valence-corrected chi connectivity index (χ3v) is 5.80. The van der Waals surface area contributed by atoms with Gasteiger partial charge in [-0.3, -0.25) is 9.59 Å². The van der Waals surface area contributed by atoms with Crippen LogP contribution in [0.5, 0.6) is 5.75 Å². The molecule has 2 heterocycles. The molecule has 3 rings (SSSR count). The zero-order valence-electron chi connectivity index (χ0n) is 15.7. The summed E-state index contributed by atoms with van der Waals surface area (Å²) in [6.45, 7) is 5.00. The van der Waals surface area contributed by atoms with E-state index in [-0.39, 0.29) is 23.0 Å². The number of methoxy groups -OCH3 is 1. The molecular formula is C20H28N2O4. The minimum atomic E-state index is -0.0298. The molecule has 2 fully saturated rings. The van der Waals surface area contributed by atoms with E-state index in [1.54, 1.807) is 32.2 Å². The standard InChI is InChI=1S/C20H28N2O4/c1-15-16(5-3-6-17(15)23)19(25)22-10-4-8-20(14-22)9-7-18(24)21(13-20)11-12-26-2/h3,5-6,23H,4,7-14H2,1-2H3. The maximum atomic E-state index is 13.0. The number of aromatic hydroxyl groups is 1. The Labute approximate surface area is 154 Å². The average molecular weight is 360 g/mol. The van der Waals surface area contributed by atoms with E-state index in [0.29, 0.717) is 43.8 Å². The lowest BCUT2D eigenvalue weighted by atomic mass is 9.73. The topological polar surface area (TPSA) is 70.1 Å². The summed E-state index contributed by atoms with van der Waals surface area (Å²) in [6.07, 6.45) is 3.34. The normalized spacial score (nSPS) is 23.5. The predicted molar refractivity (Wildman–Crippen MR) is 98.1 cm³/mol. The molecule has 1 atom stereocenters. The summed E-state index contributed by atoms with van der Waals surface area (Å²) in [6, 6.07) is 5.08. The molecule has 26 heavy (non-hydrogen) atoms. The second-order valence-corrected chi connectivity index (χ2v) is 7.59. The molecule has 2 aliphatic rings. The number of phenolic OH excluding ortho intramolecular Hbond substituents is 1. The molecule has 1 unspecified atom stereocenters. The van der Waals surface area contributed by atoms with Gasteiger partial charge in [0, 0.05) is 56.3 Å². The monoisotopic (exact) mass is 360 g/mol. The first-order valence-electron chi connectivity index (χ1n) is 9.30. The summed E-state index contributed by atoms with van der Waals surface area (Å²) in [5, 5.41) is 9.91. The van der Waals surface area contributed by atoms with Crippen molar-refractivity contribution in [1.82, 2.24) is 9.80 Å². The first-order chi connectivity index (χ1) is 12.5. The minimum Gasteiger partial charge on any atom is -0.508 e. The number of likely N-dealkylation sites (tertiary alicyclic amines) is 2. The Morgan fingerprint density at radius 2 is 2.12 bits per heavy atom. The molecule has 2 saturated heterocycles. The second-order valence-electron chi connectivity index (χ2n) is 7.59. The number of rotatable bonds is 4. The summed E-state index contributed by atoms with van der Waals surface area (Å²) in [5.74, 6) is 0.300. The number of phenols is 1.